The smallest absolute Gasteiger partial charge is 0.252 e. The molecule has 3 heteroatoms. The van der Waals surface area contributed by atoms with Crippen LogP contribution < -0.4 is 26.2 Å². The molecule has 5 aliphatic rings. The quantitative estimate of drug-likeness (QED) is 0.163. The van der Waals surface area contributed by atoms with Crippen LogP contribution in [0, 0.1) is 13.8 Å². The van der Waals surface area contributed by atoms with Gasteiger partial charge in [-0.2, -0.15) is 0 Å². The Kier molecular flexibility index (Phi) is 9.18. The predicted octanol–water partition coefficient (Wildman–Crippen LogP) is 15.6. The SMILES string of the molecule is Cc1cc2c(cc1N1c3ccc(-c4ccccc4)cc3B3c4cc5c(cc4N(c4cc6c(cc4C)C(C)(C)CC6(C)C)c4cc(C(C)(C)C)cc1c43)C(C)(C)CCC5(C)C)C(C)(C)CC2(C)C. The van der Waals surface area contributed by atoms with Gasteiger partial charge in [-0.15, -0.1) is 0 Å². The zero-order valence-corrected chi connectivity index (χ0v) is 44.0. The first-order valence-corrected chi connectivity index (χ1v) is 25.6. The zero-order chi connectivity index (χ0) is 47.9. The summed E-state index contributed by atoms with van der Waals surface area (Å²) in [5.74, 6) is 0. The van der Waals surface area contributed by atoms with E-state index in [1.807, 2.05) is 0 Å². The second-order valence-electron chi connectivity index (χ2n) is 26.9. The van der Waals surface area contributed by atoms with Gasteiger partial charge < -0.3 is 9.80 Å². The Labute approximate surface area is 404 Å². The molecule has 2 aliphatic heterocycles. The highest BCUT2D eigenvalue weighted by molar-refractivity contribution is 7.00. The number of hydrogen-bond acceptors (Lipinski definition) is 2. The number of anilines is 6. The molecule has 0 bridgehead atoms. The molecule has 0 fully saturated rings. The zero-order valence-electron chi connectivity index (χ0n) is 44.0. The van der Waals surface area contributed by atoms with Crippen LogP contribution in [0.2, 0.25) is 0 Å². The van der Waals surface area contributed by atoms with Crippen molar-refractivity contribution < 1.29 is 0 Å². The molecule has 344 valence electrons. The maximum Gasteiger partial charge on any atom is 0.252 e. The van der Waals surface area contributed by atoms with Crippen LogP contribution in [0.5, 0.6) is 0 Å². The fourth-order valence-electron chi connectivity index (χ4n) is 14.5. The summed E-state index contributed by atoms with van der Waals surface area (Å²) >= 11 is 0. The number of nitrogens with zero attached hydrogens (tertiary/aromatic N) is 2. The molecule has 0 saturated heterocycles. The van der Waals surface area contributed by atoms with Gasteiger partial charge in [0, 0.05) is 34.1 Å². The first kappa shape index (κ1) is 44.5. The van der Waals surface area contributed by atoms with Crippen molar-refractivity contribution in [2.24, 2.45) is 0 Å². The number of hydrogen-bond donors (Lipinski definition) is 0. The van der Waals surface area contributed by atoms with E-state index in [-0.39, 0.29) is 44.6 Å². The molecule has 0 unspecified atom stereocenters. The second-order valence-corrected chi connectivity index (χ2v) is 26.9. The van der Waals surface area contributed by atoms with Crippen molar-refractivity contribution in [3.63, 3.8) is 0 Å². The van der Waals surface area contributed by atoms with Crippen LogP contribution in [0.3, 0.4) is 0 Å². The lowest BCUT2D eigenvalue weighted by atomic mass is 9.33. The first-order valence-electron chi connectivity index (χ1n) is 25.6. The summed E-state index contributed by atoms with van der Waals surface area (Å²) in [6.45, 7) is 41.7. The molecule has 3 aliphatic carbocycles. The Morgan fingerprint density at radius 1 is 0.403 bits per heavy atom. The summed E-state index contributed by atoms with van der Waals surface area (Å²) in [6.07, 6.45) is 4.65. The topological polar surface area (TPSA) is 6.48 Å². The van der Waals surface area contributed by atoms with E-state index in [4.69, 9.17) is 0 Å². The third kappa shape index (κ3) is 6.48. The van der Waals surface area contributed by atoms with Gasteiger partial charge in [0.05, 0.1) is 0 Å². The lowest BCUT2D eigenvalue weighted by Gasteiger charge is -2.48. The summed E-state index contributed by atoms with van der Waals surface area (Å²) in [7, 11) is 0. The Hall–Kier alpha value is -5.02. The minimum Gasteiger partial charge on any atom is -0.311 e. The standard InChI is InChI=1S/C64H75BN2/c1-38-27-43-47(63(14,15)36-61(43,10)11)33-52(38)66-51-24-23-41(40-21-19-18-20-22-40)29-49(51)65-50-32-45-46(60(8,9)26-25-59(45,6)7)35-54(50)67(56-31-42(58(3,4)5)30-55(66)57(56)65)53-34-48-44(28-39(53)2)62(12,13)37-64(48,16)17/h18-24,27-35H,25-26,36-37H2,1-17H3. The molecule has 6 aromatic rings. The van der Waals surface area contributed by atoms with Gasteiger partial charge in [0.2, 0.25) is 0 Å². The molecule has 67 heavy (non-hydrogen) atoms. The minimum atomic E-state index is -0.101. The third-order valence-electron chi connectivity index (χ3n) is 17.8. The van der Waals surface area contributed by atoms with Crippen molar-refractivity contribution in [1.82, 2.24) is 0 Å². The molecule has 0 amide bonds. The van der Waals surface area contributed by atoms with Gasteiger partial charge in [-0.3, -0.25) is 0 Å². The van der Waals surface area contributed by atoms with Gasteiger partial charge in [-0.25, -0.2) is 0 Å². The lowest BCUT2D eigenvalue weighted by Crippen LogP contribution is -2.62. The summed E-state index contributed by atoms with van der Waals surface area (Å²) in [5, 5.41) is 0. The van der Waals surface area contributed by atoms with Gasteiger partial charge in [0.1, 0.15) is 0 Å². The number of fused-ring (bicyclic) bond motifs is 7. The van der Waals surface area contributed by atoms with Crippen LogP contribution in [-0.4, -0.2) is 6.71 Å². The summed E-state index contributed by atoms with van der Waals surface area (Å²) in [5.41, 5.74) is 28.1. The molecule has 0 atom stereocenters. The van der Waals surface area contributed by atoms with Crippen LogP contribution >= 0.6 is 0 Å². The predicted molar refractivity (Wildman–Crippen MR) is 291 cm³/mol. The fourth-order valence-corrected chi connectivity index (χ4v) is 14.5. The van der Waals surface area contributed by atoms with Gasteiger partial charge in [0.15, 0.2) is 0 Å². The highest BCUT2D eigenvalue weighted by Crippen LogP contribution is 2.57. The maximum atomic E-state index is 2.76. The van der Waals surface area contributed by atoms with Gasteiger partial charge in [0.25, 0.3) is 6.71 Å². The molecule has 2 nitrogen and oxygen atoms in total. The monoisotopic (exact) mass is 883 g/mol. The molecule has 0 radical (unpaired) electrons. The molecular formula is C64H75BN2. The van der Waals surface area contributed by atoms with E-state index in [0.717, 1.165) is 12.8 Å². The molecule has 0 saturated carbocycles. The van der Waals surface area contributed by atoms with Crippen LogP contribution in [0.25, 0.3) is 11.1 Å². The number of rotatable bonds is 3. The molecule has 2 heterocycles. The van der Waals surface area contributed by atoms with Gasteiger partial charge >= 0.3 is 0 Å². The van der Waals surface area contributed by atoms with E-state index >= 15 is 0 Å². The van der Waals surface area contributed by atoms with E-state index in [0.29, 0.717) is 0 Å². The van der Waals surface area contributed by atoms with E-state index < -0.39 is 0 Å². The maximum absolute atomic E-state index is 2.76. The highest BCUT2D eigenvalue weighted by Gasteiger charge is 2.50. The van der Waals surface area contributed by atoms with E-state index in [1.165, 1.54) is 125 Å². The van der Waals surface area contributed by atoms with Crippen LogP contribution in [0.1, 0.15) is 180 Å². The van der Waals surface area contributed by atoms with Crippen molar-refractivity contribution in [2.75, 3.05) is 9.80 Å². The minimum absolute atomic E-state index is 0.0292. The van der Waals surface area contributed by atoms with E-state index in [9.17, 15) is 0 Å². The Morgan fingerprint density at radius 2 is 0.821 bits per heavy atom. The van der Waals surface area contributed by atoms with Crippen molar-refractivity contribution >= 4 is 57.2 Å². The lowest BCUT2D eigenvalue weighted by molar-refractivity contribution is 0.332. The van der Waals surface area contributed by atoms with E-state index in [2.05, 4.69) is 225 Å². The van der Waals surface area contributed by atoms with E-state index in [1.54, 1.807) is 0 Å². The first-order chi connectivity index (χ1) is 31.1. The Morgan fingerprint density at radius 3 is 1.31 bits per heavy atom. The number of benzene rings is 6. The highest BCUT2D eigenvalue weighted by atomic mass is 15.2. The normalized spacial score (nSPS) is 20.4. The second kappa shape index (κ2) is 13.8. The average Bonchev–Trinajstić information content (AvgIpc) is 3.54. The Balaban J connectivity index is 1.30. The summed E-state index contributed by atoms with van der Waals surface area (Å²) < 4.78 is 0. The van der Waals surface area contributed by atoms with Crippen molar-refractivity contribution in [3.8, 4) is 11.1 Å². The van der Waals surface area contributed by atoms with Crippen LogP contribution in [0.4, 0.5) is 34.1 Å². The average molecular weight is 883 g/mol. The third-order valence-corrected chi connectivity index (χ3v) is 17.8. The molecule has 0 spiro atoms. The van der Waals surface area contributed by atoms with Crippen molar-refractivity contribution in [3.05, 3.63) is 147 Å². The molecule has 0 aromatic heterocycles. The number of aryl methyl sites for hydroxylation is 2. The van der Waals surface area contributed by atoms with Gasteiger partial charge in [-0.1, -0.05) is 165 Å². The van der Waals surface area contributed by atoms with Crippen molar-refractivity contribution in [2.45, 2.75) is 181 Å². The fraction of sp³-hybridized carbons (Fsp3) is 0.438. The van der Waals surface area contributed by atoms with Crippen molar-refractivity contribution in [1.29, 1.82) is 0 Å². The summed E-state index contributed by atoms with van der Waals surface area (Å²) in [6, 6.07) is 39.5. The molecule has 11 rings (SSSR count). The molecule has 0 N–H and O–H groups in total. The largest absolute Gasteiger partial charge is 0.311 e. The van der Waals surface area contributed by atoms with Gasteiger partial charge in [-0.05, 0) is 191 Å². The molecule has 6 aromatic carbocycles. The summed E-state index contributed by atoms with van der Waals surface area (Å²) in [4.78, 5) is 5.47. The van der Waals surface area contributed by atoms with Crippen LogP contribution in [0.15, 0.2) is 97.1 Å². The Bertz CT molecular complexity index is 3090. The van der Waals surface area contributed by atoms with Crippen LogP contribution in [-0.2, 0) is 37.9 Å². The molecular weight excluding hydrogens is 808 g/mol.